The van der Waals surface area contributed by atoms with Crippen molar-refractivity contribution in [3.8, 4) is 0 Å². The minimum atomic E-state index is -0.304. The second kappa shape index (κ2) is 5.40. The highest BCUT2D eigenvalue weighted by molar-refractivity contribution is 5.38. The lowest BCUT2D eigenvalue weighted by Crippen LogP contribution is -2.41. The lowest BCUT2D eigenvalue weighted by molar-refractivity contribution is 0.394. The smallest absolute Gasteiger partial charge is 0.186 e. The normalized spacial score (nSPS) is 24.6. The maximum absolute atomic E-state index is 13.9. The molecule has 1 saturated heterocycles. The van der Waals surface area contributed by atoms with Crippen LogP contribution in [0.15, 0.2) is 6.33 Å². The summed E-state index contributed by atoms with van der Waals surface area (Å²) in [6.45, 7) is 5.00. The summed E-state index contributed by atoms with van der Waals surface area (Å²) >= 11 is 0. The highest BCUT2D eigenvalue weighted by atomic mass is 19.1. The molecule has 0 radical (unpaired) electrons. The van der Waals surface area contributed by atoms with E-state index in [1.165, 1.54) is 6.33 Å². The molecule has 5 heteroatoms. The topological polar surface area (TPSA) is 49.8 Å². The van der Waals surface area contributed by atoms with E-state index in [0.29, 0.717) is 30.0 Å². The van der Waals surface area contributed by atoms with E-state index in [0.717, 1.165) is 19.4 Å². The van der Waals surface area contributed by atoms with Gasteiger partial charge in [-0.15, -0.1) is 0 Å². The number of nitrogens with zero attached hydrogens (tertiary/aromatic N) is 2. The van der Waals surface area contributed by atoms with Gasteiger partial charge in [0.15, 0.2) is 11.6 Å². The lowest BCUT2D eigenvalue weighted by atomic mass is 10.0. The van der Waals surface area contributed by atoms with Gasteiger partial charge in [0, 0.05) is 12.1 Å². The van der Waals surface area contributed by atoms with E-state index < -0.39 is 0 Å². The maximum Gasteiger partial charge on any atom is 0.186 e. The number of hydrogen-bond acceptors (Lipinski definition) is 4. The number of hydrogen-bond donors (Lipinski definition) is 2. The second-order valence-electron chi connectivity index (χ2n) is 4.56. The highest BCUT2D eigenvalue weighted by Crippen LogP contribution is 2.18. The van der Waals surface area contributed by atoms with Gasteiger partial charge in [0.2, 0.25) is 0 Å². The summed E-state index contributed by atoms with van der Waals surface area (Å²) in [4.78, 5) is 7.92. The van der Waals surface area contributed by atoms with E-state index in [1.807, 2.05) is 6.92 Å². The molecule has 0 saturated carbocycles. The number of aromatic nitrogens is 2. The van der Waals surface area contributed by atoms with Gasteiger partial charge < -0.3 is 10.6 Å². The van der Waals surface area contributed by atoms with Gasteiger partial charge in [0.25, 0.3) is 0 Å². The van der Waals surface area contributed by atoms with Crippen LogP contribution in [0.5, 0.6) is 0 Å². The Hall–Kier alpha value is -1.23. The first-order valence-corrected chi connectivity index (χ1v) is 6.20. The van der Waals surface area contributed by atoms with Gasteiger partial charge in [-0.05, 0) is 32.7 Å². The average molecular weight is 238 g/mol. The molecule has 1 aromatic rings. The Kier molecular flexibility index (Phi) is 3.89. The highest BCUT2D eigenvalue weighted by Gasteiger charge is 2.20. The number of piperidine rings is 1. The van der Waals surface area contributed by atoms with Crippen LogP contribution < -0.4 is 10.6 Å². The third-order valence-electron chi connectivity index (χ3n) is 3.16. The van der Waals surface area contributed by atoms with Gasteiger partial charge in [-0.25, -0.2) is 14.4 Å². The van der Waals surface area contributed by atoms with Crippen molar-refractivity contribution in [1.82, 2.24) is 15.3 Å². The molecule has 0 aliphatic carbocycles. The van der Waals surface area contributed by atoms with Crippen molar-refractivity contribution in [3.63, 3.8) is 0 Å². The summed E-state index contributed by atoms with van der Waals surface area (Å²) in [5.74, 6) is 0.0390. The first kappa shape index (κ1) is 12.2. The molecule has 2 heterocycles. The Bertz CT molecular complexity index is 383. The lowest BCUT2D eigenvalue weighted by Gasteiger charge is -2.29. The fourth-order valence-corrected chi connectivity index (χ4v) is 2.21. The molecule has 0 amide bonds. The van der Waals surface area contributed by atoms with E-state index in [4.69, 9.17) is 0 Å². The van der Waals surface area contributed by atoms with E-state index in [2.05, 4.69) is 27.5 Å². The molecule has 2 atom stereocenters. The minimum Gasteiger partial charge on any atom is -0.365 e. The van der Waals surface area contributed by atoms with Crippen LogP contribution in [0.25, 0.3) is 0 Å². The number of anilines is 1. The Morgan fingerprint density at radius 1 is 1.53 bits per heavy atom. The summed E-state index contributed by atoms with van der Waals surface area (Å²) in [7, 11) is 0. The zero-order chi connectivity index (χ0) is 12.3. The number of halogens is 1. The van der Waals surface area contributed by atoms with E-state index in [9.17, 15) is 4.39 Å². The van der Waals surface area contributed by atoms with Crippen LogP contribution in [0.2, 0.25) is 0 Å². The first-order chi connectivity index (χ1) is 8.20. The van der Waals surface area contributed by atoms with Crippen molar-refractivity contribution in [3.05, 3.63) is 17.8 Å². The van der Waals surface area contributed by atoms with Crippen LogP contribution in [0.4, 0.5) is 10.2 Å². The predicted molar refractivity (Wildman–Crippen MR) is 65.5 cm³/mol. The Morgan fingerprint density at radius 3 is 3.06 bits per heavy atom. The molecule has 1 aliphatic heterocycles. The Labute approximate surface area is 101 Å². The van der Waals surface area contributed by atoms with Crippen molar-refractivity contribution < 1.29 is 4.39 Å². The van der Waals surface area contributed by atoms with Gasteiger partial charge >= 0.3 is 0 Å². The molecule has 1 fully saturated rings. The molecular formula is C12H19FN4. The summed E-state index contributed by atoms with van der Waals surface area (Å²) in [5, 5.41) is 6.56. The van der Waals surface area contributed by atoms with Crippen LogP contribution in [0, 0.1) is 5.82 Å². The molecule has 4 nitrogen and oxygen atoms in total. The van der Waals surface area contributed by atoms with Gasteiger partial charge in [-0.3, -0.25) is 0 Å². The molecule has 2 rings (SSSR count). The van der Waals surface area contributed by atoms with Crippen molar-refractivity contribution in [1.29, 1.82) is 0 Å². The molecule has 0 spiro atoms. The van der Waals surface area contributed by atoms with Gasteiger partial charge in [0.05, 0.1) is 5.69 Å². The predicted octanol–water partition coefficient (Wildman–Crippen LogP) is 1.73. The van der Waals surface area contributed by atoms with E-state index in [1.54, 1.807) is 0 Å². The zero-order valence-corrected chi connectivity index (χ0v) is 10.3. The zero-order valence-electron chi connectivity index (χ0n) is 10.3. The monoisotopic (exact) mass is 238 g/mol. The SMILES string of the molecule is CCc1ncnc(NC2CCNC(C)C2)c1F. The van der Waals surface area contributed by atoms with Crippen LogP contribution in [0.3, 0.4) is 0 Å². The molecule has 94 valence electrons. The number of nitrogens with one attached hydrogen (secondary N) is 2. The summed E-state index contributed by atoms with van der Waals surface area (Å²) in [5.41, 5.74) is 0.476. The van der Waals surface area contributed by atoms with Gasteiger partial charge in [-0.1, -0.05) is 6.92 Å². The van der Waals surface area contributed by atoms with Crippen LogP contribution in [-0.2, 0) is 6.42 Å². The third-order valence-corrected chi connectivity index (χ3v) is 3.16. The van der Waals surface area contributed by atoms with E-state index in [-0.39, 0.29) is 5.82 Å². The third kappa shape index (κ3) is 2.91. The van der Waals surface area contributed by atoms with Gasteiger partial charge in [-0.2, -0.15) is 0 Å². The average Bonchev–Trinajstić information content (AvgIpc) is 2.32. The minimum absolute atomic E-state index is 0.292. The number of aryl methyl sites for hydroxylation is 1. The maximum atomic E-state index is 13.9. The molecule has 0 aromatic carbocycles. The molecule has 1 aliphatic rings. The Balaban J connectivity index is 2.07. The largest absolute Gasteiger partial charge is 0.365 e. The fourth-order valence-electron chi connectivity index (χ4n) is 2.21. The Morgan fingerprint density at radius 2 is 2.35 bits per heavy atom. The van der Waals surface area contributed by atoms with Gasteiger partial charge in [0.1, 0.15) is 6.33 Å². The van der Waals surface area contributed by atoms with Crippen molar-refractivity contribution in [2.75, 3.05) is 11.9 Å². The number of rotatable bonds is 3. The van der Waals surface area contributed by atoms with Crippen LogP contribution in [0.1, 0.15) is 32.4 Å². The van der Waals surface area contributed by atoms with Crippen molar-refractivity contribution >= 4 is 5.82 Å². The fraction of sp³-hybridized carbons (Fsp3) is 0.667. The van der Waals surface area contributed by atoms with E-state index >= 15 is 0 Å². The molecule has 2 unspecified atom stereocenters. The van der Waals surface area contributed by atoms with Crippen LogP contribution in [-0.4, -0.2) is 28.6 Å². The van der Waals surface area contributed by atoms with Crippen molar-refractivity contribution in [2.24, 2.45) is 0 Å². The molecule has 0 bridgehead atoms. The molecular weight excluding hydrogens is 219 g/mol. The summed E-state index contributed by atoms with van der Waals surface area (Å²) in [6.07, 6.45) is 4.00. The molecule has 1 aromatic heterocycles. The summed E-state index contributed by atoms with van der Waals surface area (Å²) < 4.78 is 13.9. The quantitative estimate of drug-likeness (QED) is 0.842. The second-order valence-corrected chi connectivity index (χ2v) is 4.56. The summed E-state index contributed by atoms with van der Waals surface area (Å²) in [6, 6.07) is 0.761. The molecule has 2 N–H and O–H groups in total. The first-order valence-electron chi connectivity index (χ1n) is 6.20. The molecule has 17 heavy (non-hydrogen) atoms. The van der Waals surface area contributed by atoms with Crippen molar-refractivity contribution in [2.45, 2.75) is 45.2 Å². The standard InChI is InChI=1S/C12H19FN4/c1-3-10-11(13)12(16-7-15-10)17-9-4-5-14-8(2)6-9/h7-9,14H,3-6H2,1-2H3,(H,15,16,17). The van der Waals surface area contributed by atoms with Crippen LogP contribution >= 0.6 is 0 Å².